The number of ketones is 1. The highest BCUT2D eigenvalue weighted by Gasteiger charge is 2.56. The highest BCUT2D eigenvalue weighted by Crippen LogP contribution is 2.59. The van der Waals surface area contributed by atoms with Gasteiger partial charge in [0.25, 0.3) is 0 Å². The molecular weight excluding hydrogens is 320 g/mol. The number of carbonyl (C=O) groups excluding carboxylic acids is 1. The van der Waals surface area contributed by atoms with E-state index in [4.69, 9.17) is 5.11 Å². The van der Waals surface area contributed by atoms with Crippen molar-refractivity contribution in [2.45, 2.75) is 66.2 Å². The first-order chi connectivity index (χ1) is 11.5. The Bertz CT molecular complexity index is 603. The SMILES string of the molecule is C[C@@H](CC[C@H]1C(C(=O)O)=CC(=O)[C@H]2C(C)(C)CCC[C@]12C)CC(=O)O. The van der Waals surface area contributed by atoms with Gasteiger partial charge in [0.1, 0.15) is 0 Å². The van der Waals surface area contributed by atoms with Gasteiger partial charge in [-0.1, -0.05) is 34.1 Å². The maximum Gasteiger partial charge on any atom is 0.331 e. The van der Waals surface area contributed by atoms with Gasteiger partial charge in [0.15, 0.2) is 5.78 Å². The van der Waals surface area contributed by atoms with Crippen molar-refractivity contribution in [2.75, 3.05) is 0 Å². The van der Waals surface area contributed by atoms with Gasteiger partial charge in [0.2, 0.25) is 0 Å². The standard InChI is InChI=1S/C20H30O5/c1-12(10-16(22)23)6-7-14-13(18(24)25)11-15(21)17-19(2,3)8-5-9-20(14,17)4/h11-12,14,17H,5-10H2,1-4H3,(H,22,23)(H,24,25)/t12-,14-,17-,20+/m0/s1. The zero-order valence-electron chi connectivity index (χ0n) is 15.7. The molecule has 2 N–H and O–H groups in total. The summed E-state index contributed by atoms with van der Waals surface area (Å²) < 4.78 is 0. The molecule has 5 nitrogen and oxygen atoms in total. The first-order valence-electron chi connectivity index (χ1n) is 9.19. The monoisotopic (exact) mass is 350 g/mol. The predicted octanol–water partition coefficient (Wildman–Crippen LogP) is 3.92. The van der Waals surface area contributed by atoms with E-state index < -0.39 is 11.9 Å². The topological polar surface area (TPSA) is 91.7 Å². The van der Waals surface area contributed by atoms with Gasteiger partial charge in [-0.15, -0.1) is 0 Å². The summed E-state index contributed by atoms with van der Waals surface area (Å²) in [7, 11) is 0. The third kappa shape index (κ3) is 3.80. The number of rotatable bonds is 6. The van der Waals surface area contributed by atoms with Crippen molar-refractivity contribution >= 4 is 17.7 Å². The van der Waals surface area contributed by atoms with Gasteiger partial charge < -0.3 is 10.2 Å². The first kappa shape index (κ1) is 19.7. The van der Waals surface area contributed by atoms with E-state index in [2.05, 4.69) is 20.8 Å². The normalized spacial score (nSPS) is 32.5. The molecule has 4 atom stereocenters. The van der Waals surface area contributed by atoms with Crippen molar-refractivity contribution < 1.29 is 24.6 Å². The van der Waals surface area contributed by atoms with Crippen LogP contribution in [0.5, 0.6) is 0 Å². The minimum absolute atomic E-state index is 0.0103. The fraction of sp³-hybridized carbons (Fsp3) is 0.750. The molecule has 2 rings (SSSR count). The minimum atomic E-state index is -1.02. The fourth-order valence-electron chi connectivity index (χ4n) is 5.43. The summed E-state index contributed by atoms with van der Waals surface area (Å²) in [4.78, 5) is 35.5. The highest BCUT2D eigenvalue weighted by molar-refractivity contribution is 6.02. The Labute approximate surface area is 149 Å². The molecule has 1 saturated carbocycles. The zero-order chi connectivity index (χ0) is 19.0. The quantitative estimate of drug-likeness (QED) is 0.757. The lowest BCUT2D eigenvalue weighted by molar-refractivity contribution is -0.143. The fourth-order valence-corrected chi connectivity index (χ4v) is 5.43. The van der Waals surface area contributed by atoms with Crippen LogP contribution in [-0.4, -0.2) is 27.9 Å². The van der Waals surface area contributed by atoms with E-state index in [1.54, 1.807) is 0 Å². The summed E-state index contributed by atoms with van der Waals surface area (Å²) in [6.07, 6.45) is 5.51. The number of fused-ring (bicyclic) bond motifs is 1. The second-order valence-electron chi connectivity index (χ2n) is 8.92. The summed E-state index contributed by atoms with van der Waals surface area (Å²) in [6, 6.07) is 0. The lowest BCUT2D eigenvalue weighted by atomic mass is 9.47. The minimum Gasteiger partial charge on any atom is -0.481 e. The molecule has 0 aromatic carbocycles. The van der Waals surface area contributed by atoms with Crippen LogP contribution in [0.2, 0.25) is 0 Å². The molecule has 0 heterocycles. The van der Waals surface area contributed by atoms with E-state index in [1.807, 2.05) is 6.92 Å². The van der Waals surface area contributed by atoms with Gasteiger partial charge in [-0.3, -0.25) is 9.59 Å². The van der Waals surface area contributed by atoms with Crippen LogP contribution < -0.4 is 0 Å². The Hall–Kier alpha value is -1.65. The molecule has 0 aliphatic heterocycles. The van der Waals surface area contributed by atoms with Gasteiger partial charge in [-0.2, -0.15) is 0 Å². The van der Waals surface area contributed by atoms with Crippen molar-refractivity contribution in [3.05, 3.63) is 11.6 Å². The zero-order valence-corrected chi connectivity index (χ0v) is 15.7. The molecule has 2 aliphatic rings. The van der Waals surface area contributed by atoms with Crippen LogP contribution >= 0.6 is 0 Å². The number of allylic oxidation sites excluding steroid dienone is 1. The van der Waals surface area contributed by atoms with Crippen LogP contribution in [0.25, 0.3) is 0 Å². The smallest absolute Gasteiger partial charge is 0.331 e. The lowest BCUT2D eigenvalue weighted by Gasteiger charge is -2.55. The van der Waals surface area contributed by atoms with Crippen LogP contribution in [0.3, 0.4) is 0 Å². The van der Waals surface area contributed by atoms with Gasteiger partial charge in [0.05, 0.1) is 0 Å². The average molecular weight is 350 g/mol. The second-order valence-corrected chi connectivity index (χ2v) is 8.92. The van der Waals surface area contributed by atoms with Crippen LogP contribution in [0.1, 0.15) is 66.2 Å². The van der Waals surface area contributed by atoms with Crippen LogP contribution in [0.4, 0.5) is 0 Å². The molecule has 5 heteroatoms. The van der Waals surface area contributed by atoms with Crippen molar-refractivity contribution in [3.63, 3.8) is 0 Å². The van der Waals surface area contributed by atoms with Crippen LogP contribution in [0.15, 0.2) is 11.6 Å². The molecule has 140 valence electrons. The van der Waals surface area contributed by atoms with Gasteiger partial charge >= 0.3 is 11.9 Å². The molecule has 2 aliphatic carbocycles. The Kier molecular flexibility index (Phi) is 5.45. The van der Waals surface area contributed by atoms with Crippen LogP contribution in [0, 0.1) is 28.6 Å². The van der Waals surface area contributed by atoms with Crippen molar-refractivity contribution in [2.24, 2.45) is 28.6 Å². The Balaban J connectivity index is 2.35. The number of hydrogen-bond acceptors (Lipinski definition) is 3. The van der Waals surface area contributed by atoms with Crippen molar-refractivity contribution in [3.8, 4) is 0 Å². The number of hydrogen-bond donors (Lipinski definition) is 2. The third-order valence-electron chi connectivity index (χ3n) is 6.45. The highest BCUT2D eigenvalue weighted by atomic mass is 16.4. The Morgan fingerprint density at radius 2 is 1.88 bits per heavy atom. The van der Waals surface area contributed by atoms with Gasteiger partial charge in [-0.05, 0) is 54.4 Å². The number of carboxylic acids is 2. The van der Waals surface area contributed by atoms with E-state index in [1.165, 1.54) is 6.08 Å². The maximum absolute atomic E-state index is 12.8. The molecule has 0 aromatic rings. The number of aliphatic carboxylic acids is 2. The molecule has 0 amide bonds. The molecule has 0 bridgehead atoms. The summed E-state index contributed by atoms with van der Waals surface area (Å²) in [5.41, 5.74) is -0.302. The summed E-state index contributed by atoms with van der Waals surface area (Å²) in [6.45, 7) is 8.17. The van der Waals surface area contributed by atoms with Crippen molar-refractivity contribution in [1.82, 2.24) is 0 Å². The average Bonchev–Trinajstić information content (AvgIpc) is 2.43. The maximum atomic E-state index is 12.8. The molecule has 0 saturated heterocycles. The molecular formula is C20H30O5. The summed E-state index contributed by atoms with van der Waals surface area (Å²) >= 11 is 0. The molecule has 25 heavy (non-hydrogen) atoms. The van der Waals surface area contributed by atoms with E-state index in [0.717, 1.165) is 19.3 Å². The number of carbonyl (C=O) groups is 3. The van der Waals surface area contributed by atoms with Gasteiger partial charge in [0, 0.05) is 17.9 Å². The summed E-state index contributed by atoms with van der Waals surface area (Å²) in [5.74, 6) is -2.29. The second kappa shape index (κ2) is 6.93. The van der Waals surface area contributed by atoms with Gasteiger partial charge in [-0.25, -0.2) is 4.79 Å². The largest absolute Gasteiger partial charge is 0.481 e. The Morgan fingerprint density at radius 3 is 2.44 bits per heavy atom. The van der Waals surface area contributed by atoms with E-state index >= 15 is 0 Å². The molecule has 0 spiro atoms. The van der Waals surface area contributed by atoms with Crippen molar-refractivity contribution in [1.29, 1.82) is 0 Å². The summed E-state index contributed by atoms with van der Waals surface area (Å²) in [5, 5.41) is 18.6. The molecule has 0 aromatic heterocycles. The Morgan fingerprint density at radius 1 is 1.24 bits per heavy atom. The predicted molar refractivity (Wildman–Crippen MR) is 94.1 cm³/mol. The van der Waals surface area contributed by atoms with Crippen LogP contribution in [-0.2, 0) is 14.4 Å². The molecule has 0 radical (unpaired) electrons. The molecule has 0 unspecified atom stereocenters. The molecule has 1 fully saturated rings. The number of carboxylic acid groups (broad SMARTS) is 2. The van der Waals surface area contributed by atoms with E-state index in [-0.39, 0.29) is 46.4 Å². The van der Waals surface area contributed by atoms with E-state index in [9.17, 15) is 19.5 Å². The lowest BCUT2D eigenvalue weighted by Crippen LogP contribution is -2.53. The third-order valence-corrected chi connectivity index (χ3v) is 6.45. The first-order valence-corrected chi connectivity index (χ1v) is 9.19. The van der Waals surface area contributed by atoms with E-state index in [0.29, 0.717) is 12.8 Å².